The number of rotatable bonds is 4. The van der Waals surface area contributed by atoms with Crippen molar-refractivity contribution in [3.8, 4) is 5.75 Å². The van der Waals surface area contributed by atoms with Crippen molar-refractivity contribution in [2.75, 3.05) is 17.7 Å². The van der Waals surface area contributed by atoms with Crippen LogP contribution in [0.25, 0.3) is 10.9 Å². The molecule has 0 aliphatic carbocycles. The van der Waals surface area contributed by atoms with Crippen LogP contribution in [0.4, 0.5) is 16.2 Å². The number of ether oxygens (including phenoxy) is 1. The first-order valence-corrected chi connectivity index (χ1v) is 7.89. The molecule has 1 aromatic heterocycles. The summed E-state index contributed by atoms with van der Waals surface area (Å²) in [5, 5.41) is 6.13. The van der Waals surface area contributed by atoms with Crippen LogP contribution in [0.1, 0.15) is 16.1 Å². The zero-order chi connectivity index (χ0) is 18.7. The van der Waals surface area contributed by atoms with E-state index < -0.39 is 6.03 Å². The number of primary amides is 1. The van der Waals surface area contributed by atoms with Crippen LogP contribution < -0.4 is 21.1 Å². The van der Waals surface area contributed by atoms with Gasteiger partial charge in [0.1, 0.15) is 5.75 Å². The summed E-state index contributed by atoms with van der Waals surface area (Å²) in [6.07, 6.45) is 0. The molecule has 3 amide bonds. The smallest absolute Gasteiger partial charge is 0.316 e. The molecule has 0 fully saturated rings. The molecule has 7 heteroatoms. The van der Waals surface area contributed by atoms with Crippen LogP contribution in [-0.2, 0) is 0 Å². The quantitative estimate of drug-likeness (QED) is 0.671. The van der Waals surface area contributed by atoms with Crippen molar-refractivity contribution < 1.29 is 14.3 Å². The van der Waals surface area contributed by atoms with Gasteiger partial charge in [0.15, 0.2) is 0 Å². The first-order chi connectivity index (χ1) is 12.5. The standard InChI is InChI=1S/C19H18N4O3/c1-11-16(9-12-3-8-15(26-2)10-17(12)21-11)18(24)22-13-4-6-14(7-5-13)23-19(20)25/h3-10H,1-2H3,(H,22,24)(H3,20,23,25). The lowest BCUT2D eigenvalue weighted by Crippen LogP contribution is -2.19. The summed E-state index contributed by atoms with van der Waals surface area (Å²) >= 11 is 0. The van der Waals surface area contributed by atoms with Crippen molar-refractivity contribution in [3.05, 3.63) is 59.8 Å². The van der Waals surface area contributed by atoms with Crippen molar-refractivity contribution in [2.24, 2.45) is 5.73 Å². The number of nitrogens with one attached hydrogen (secondary N) is 2. The number of nitrogens with two attached hydrogens (primary N) is 1. The molecule has 0 aliphatic heterocycles. The van der Waals surface area contributed by atoms with Crippen molar-refractivity contribution in [1.29, 1.82) is 0 Å². The molecule has 0 spiro atoms. The topological polar surface area (TPSA) is 106 Å². The highest BCUT2D eigenvalue weighted by molar-refractivity contribution is 6.07. The maximum atomic E-state index is 12.6. The van der Waals surface area contributed by atoms with Crippen LogP contribution in [0, 0.1) is 6.92 Å². The lowest BCUT2D eigenvalue weighted by molar-refractivity contribution is 0.102. The number of pyridine rings is 1. The van der Waals surface area contributed by atoms with Crippen molar-refractivity contribution in [1.82, 2.24) is 4.98 Å². The summed E-state index contributed by atoms with van der Waals surface area (Å²) in [4.78, 5) is 27.9. The highest BCUT2D eigenvalue weighted by atomic mass is 16.5. The summed E-state index contributed by atoms with van der Waals surface area (Å²) in [6.45, 7) is 1.79. The Morgan fingerprint density at radius 1 is 1.00 bits per heavy atom. The third kappa shape index (κ3) is 3.72. The normalized spacial score (nSPS) is 10.4. The number of benzene rings is 2. The molecule has 0 saturated heterocycles. The van der Waals surface area contributed by atoms with E-state index in [1.54, 1.807) is 44.4 Å². The predicted molar refractivity (Wildman–Crippen MR) is 101 cm³/mol. The van der Waals surface area contributed by atoms with Crippen LogP contribution in [-0.4, -0.2) is 24.0 Å². The molecule has 0 bridgehead atoms. The van der Waals surface area contributed by atoms with Gasteiger partial charge in [0, 0.05) is 22.8 Å². The van der Waals surface area contributed by atoms with Gasteiger partial charge < -0.3 is 21.1 Å². The second-order valence-electron chi connectivity index (χ2n) is 5.70. The predicted octanol–water partition coefficient (Wildman–Crippen LogP) is 3.29. The second kappa shape index (κ2) is 7.10. The van der Waals surface area contributed by atoms with Gasteiger partial charge in [0.05, 0.1) is 23.9 Å². The Kier molecular flexibility index (Phi) is 4.70. The maximum Gasteiger partial charge on any atom is 0.316 e. The molecule has 0 radical (unpaired) electrons. The lowest BCUT2D eigenvalue weighted by atomic mass is 10.1. The van der Waals surface area contributed by atoms with E-state index in [4.69, 9.17) is 10.5 Å². The van der Waals surface area contributed by atoms with E-state index >= 15 is 0 Å². The third-order valence-electron chi connectivity index (χ3n) is 3.87. The number of carbonyl (C=O) groups excluding carboxylic acids is 2. The molecular formula is C19H18N4O3. The van der Waals surface area contributed by atoms with E-state index in [-0.39, 0.29) is 5.91 Å². The maximum absolute atomic E-state index is 12.6. The Hall–Kier alpha value is -3.61. The van der Waals surface area contributed by atoms with Gasteiger partial charge >= 0.3 is 6.03 Å². The zero-order valence-corrected chi connectivity index (χ0v) is 14.4. The summed E-state index contributed by atoms with van der Waals surface area (Å²) in [7, 11) is 1.60. The third-order valence-corrected chi connectivity index (χ3v) is 3.87. The Morgan fingerprint density at radius 3 is 2.27 bits per heavy atom. The molecule has 7 nitrogen and oxygen atoms in total. The number of aryl methyl sites for hydroxylation is 1. The van der Waals surface area contributed by atoms with Gasteiger partial charge in [-0.05, 0) is 49.4 Å². The number of hydrogen-bond acceptors (Lipinski definition) is 4. The van der Waals surface area contributed by atoms with Crippen LogP contribution in [0.2, 0.25) is 0 Å². The number of urea groups is 1. The highest BCUT2D eigenvalue weighted by Crippen LogP contribution is 2.22. The van der Waals surface area contributed by atoms with Gasteiger partial charge in [-0.15, -0.1) is 0 Å². The monoisotopic (exact) mass is 350 g/mol. The van der Waals surface area contributed by atoms with E-state index in [0.29, 0.717) is 28.4 Å². The molecule has 1 heterocycles. The Bertz CT molecular complexity index is 984. The molecule has 26 heavy (non-hydrogen) atoms. The number of nitrogens with zero attached hydrogens (tertiary/aromatic N) is 1. The molecule has 132 valence electrons. The zero-order valence-electron chi connectivity index (χ0n) is 14.4. The Labute approximate surface area is 150 Å². The minimum atomic E-state index is -0.642. The molecule has 0 saturated carbocycles. The van der Waals surface area contributed by atoms with Gasteiger partial charge in [0.2, 0.25) is 0 Å². The molecule has 0 atom stereocenters. The number of carbonyl (C=O) groups is 2. The SMILES string of the molecule is COc1ccc2cc(C(=O)Nc3ccc(NC(N)=O)cc3)c(C)nc2c1. The number of methoxy groups -OCH3 is 1. The van der Waals surface area contributed by atoms with Crippen molar-refractivity contribution >= 4 is 34.2 Å². The average molecular weight is 350 g/mol. The van der Waals surface area contributed by atoms with E-state index in [1.807, 2.05) is 18.2 Å². The first-order valence-electron chi connectivity index (χ1n) is 7.89. The highest BCUT2D eigenvalue weighted by Gasteiger charge is 2.12. The number of aromatic nitrogens is 1. The van der Waals surface area contributed by atoms with Crippen LogP contribution in [0.3, 0.4) is 0 Å². The largest absolute Gasteiger partial charge is 0.497 e. The molecule has 0 aliphatic rings. The Morgan fingerprint density at radius 2 is 1.65 bits per heavy atom. The van der Waals surface area contributed by atoms with Gasteiger partial charge in [-0.3, -0.25) is 9.78 Å². The van der Waals surface area contributed by atoms with Gasteiger partial charge in [-0.25, -0.2) is 4.79 Å². The van der Waals surface area contributed by atoms with Crippen molar-refractivity contribution in [3.63, 3.8) is 0 Å². The Balaban J connectivity index is 1.83. The van der Waals surface area contributed by atoms with E-state index in [2.05, 4.69) is 15.6 Å². The molecule has 4 N–H and O–H groups in total. The minimum absolute atomic E-state index is 0.261. The van der Waals surface area contributed by atoms with Crippen molar-refractivity contribution in [2.45, 2.75) is 6.92 Å². The first kappa shape index (κ1) is 17.2. The molecule has 3 rings (SSSR count). The molecular weight excluding hydrogens is 332 g/mol. The minimum Gasteiger partial charge on any atom is -0.497 e. The molecule has 3 aromatic rings. The van der Waals surface area contributed by atoms with Gasteiger partial charge in [-0.2, -0.15) is 0 Å². The molecule has 2 aromatic carbocycles. The average Bonchev–Trinajstić information content (AvgIpc) is 2.61. The fourth-order valence-electron chi connectivity index (χ4n) is 2.58. The summed E-state index contributed by atoms with van der Waals surface area (Å²) < 4.78 is 5.20. The fourth-order valence-corrected chi connectivity index (χ4v) is 2.58. The lowest BCUT2D eigenvalue weighted by Gasteiger charge is -2.10. The number of fused-ring (bicyclic) bond motifs is 1. The van der Waals surface area contributed by atoms with Gasteiger partial charge in [0.25, 0.3) is 5.91 Å². The fraction of sp³-hybridized carbons (Fsp3) is 0.105. The van der Waals surface area contributed by atoms with E-state index in [9.17, 15) is 9.59 Å². The van der Waals surface area contributed by atoms with Crippen LogP contribution in [0.15, 0.2) is 48.5 Å². The van der Waals surface area contributed by atoms with Crippen LogP contribution in [0.5, 0.6) is 5.75 Å². The summed E-state index contributed by atoms with van der Waals surface area (Å²) in [6, 6.07) is 13.3. The number of anilines is 2. The second-order valence-corrected chi connectivity index (χ2v) is 5.70. The van der Waals surface area contributed by atoms with E-state index in [1.165, 1.54) is 0 Å². The molecule has 0 unspecified atom stereocenters. The summed E-state index contributed by atoms with van der Waals surface area (Å²) in [5.41, 5.74) is 8.08. The summed E-state index contributed by atoms with van der Waals surface area (Å²) in [5.74, 6) is 0.453. The van der Waals surface area contributed by atoms with E-state index in [0.717, 1.165) is 10.9 Å². The number of hydrogen-bond donors (Lipinski definition) is 3. The van der Waals surface area contributed by atoms with Gasteiger partial charge in [-0.1, -0.05) is 0 Å². The number of amides is 3. The van der Waals surface area contributed by atoms with Crippen LogP contribution >= 0.6 is 0 Å².